The molecule has 1 aromatic heterocycles. The lowest BCUT2D eigenvalue weighted by molar-refractivity contribution is 0.164. The van der Waals surface area contributed by atoms with Gasteiger partial charge < -0.3 is 20.9 Å². The molecule has 7 heteroatoms. The van der Waals surface area contributed by atoms with Crippen molar-refractivity contribution in [2.45, 2.75) is 45.8 Å². The molecule has 0 saturated heterocycles. The Morgan fingerprint density at radius 2 is 2.06 bits per heavy atom. The third-order valence-corrected chi connectivity index (χ3v) is 2.21. The number of nitrogens with one attached hydrogen (secondary N) is 1. The molecule has 0 aromatic carbocycles. The maximum absolute atomic E-state index is 9.42. The number of nitrogens with two attached hydrogens (primary N) is 1. The Kier molecular flexibility index (Phi) is 5.57. The Morgan fingerprint density at radius 1 is 1.33 bits per heavy atom. The van der Waals surface area contributed by atoms with E-state index in [0.29, 0.717) is 18.9 Å². The molecule has 1 unspecified atom stereocenters. The number of rotatable bonds is 7. The lowest BCUT2D eigenvalue weighted by Gasteiger charge is -2.11. The zero-order valence-electron chi connectivity index (χ0n) is 11.1. The van der Waals surface area contributed by atoms with Crippen LogP contribution in [0.3, 0.4) is 0 Å². The molecule has 0 saturated carbocycles. The lowest BCUT2D eigenvalue weighted by Crippen LogP contribution is -2.16. The summed E-state index contributed by atoms with van der Waals surface area (Å²) in [7, 11) is 0. The van der Waals surface area contributed by atoms with Crippen molar-refractivity contribution in [1.82, 2.24) is 15.0 Å². The average Bonchev–Trinajstić information content (AvgIpc) is 2.27. The smallest absolute Gasteiger partial charge is 0.323 e. The molecule has 1 heterocycles. The summed E-state index contributed by atoms with van der Waals surface area (Å²) in [6.07, 6.45) is 1.01. The zero-order chi connectivity index (χ0) is 13.5. The van der Waals surface area contributed by atoms with Crippen LogP contribution in [0.25, 0.3) is 0 Å². The van der Waals surface area contributed by atoms with Gasteiger partial charge in [-0.2, -0.15) is 15.0 Å². The summed E-state index contributed by atoms with van der Waals surface area (Å²) in [5, 5.41) is 12.4. The second-order valence-corrected chi connectivity index (χ2v) is 4.24. The standard InChI is InChI=1S/C11H21N5O2/c1-4-8(17)5-6-13-10-14-9(12)15-11(16-10)18-7(2)3/h7-8,17H,4-6H2,1-3H3,(H3,12,13,14,15,16). The predicted molar refractivity (Wildman–Crippen MR) is 69.4 cm³/mol. The van der Waals surface area contributed by atoms with E-state index in [4.69, 9.17) is 10.5 Å². The molecule has 0 aliphatic rings. The van der Waals surface area contributed by atoms with Crippen molar-refractivity contribution >= 4 is 11.9 Å². The van der Waals surface area contributed by atoms with Crippen molar-refractivity contribution in [3.05, 3.63) is 0 Å². The fraction of sp³-hybridized carbons (Fsp3) is 0.727. The maximum Gasteiger partial charge on any atom is 0.323 e. The number of nitrogens with zero attached hydrogens (tertiary/aromatic N) is 3. The van der Waals surface area contributed by atoms with Crippen LogP contribution in [-0.4, -0.2) is 38.8 Å². The summed E-state index contributed by atoms with van der Waals surface area (Å²) >= 11 is 0. The molecule has 0 radical (unpaired) electrons. The van der Waals surface area contributed by atoms with Gasteiger partial charge in [-0.25, -0.2) is 0 Å². The highest BCUT2D eigenvalue weighted by molar-refractivity contribution is 5.32. The summed E-state index contributed by atoms with van der Waals surface area (Å²) in [4.78, 5) is 11.9. The van der Waals surface area contributed by atoms with Crippen LogP contribution in [0.15, 0.2) is 0 Å². The van der Waals surface area contributed by atoms with E-state index in [1.54, 1.807) is 0 Å². The first kappa shape index (κ1) is 14.4. The SMILES string of the molecule is CCC(O)CCNc1nc(N)nc(OC(C)C)n1. The number of anilines is 2. The van der Waals surface area contributed by atoms with Gasteiger partial charge in [-0.05, 0) is 26.7 Å². The highest BCUT2D eigenvalue weighted by Gasteiger charge is 2.07. The topological polar surface area (TPSA) is 106 Å². The van der Waals surface area contributed by atoms with E-state index >= 15 is 0 Å². The van der Waals surface area contributed by atoms with E-state index in [1.807, 2.05) is 20.8 Å². The van der Waals surface area contributed by atoms with Crippen molar-refractivity contribution < 1.29 is 9.84 Å². The first-order valence-corrected chi connectivity index (χ1v) is 6.11. The van der Waals surface area contributed by atoms with Gasteiger partial charge in [0.1, 0.15) is 0 Å². The van der Waals surface area contributed by atoms with E-state index in [-0.39, 0.29) is 24.2 Å². The quantitative estimate of drug-likeness (QED) is 0.662. The fourth-order valence-electron chi connectivity index (χ4n) is 1.27. The molecule has 7 nitrogen and oxygen atoms in total. The number of ether oxygens (including phenoxy) is 1. The van der Waals surface area contributed by atoms with Crippen LogP contribution in [0.5, 0.6) is 6.01 Å². The molecule has 18 heavy (non-hydrogen) atoms. The second-order valence-electron chi connectivity index (χ2n) is 4.24. The van der Waals surface area contributed by atoms with Gasteiger partial charge in [0.25, 0.3) is 0 Å². The first-order chi connectivity index (χ1) is 8.51. The van der Waals surface area contributed by atoms with E-state index in [2.05, 4.69) is 20.3 Å². The lowest BCUT2D eigenvalue weighted by atomic mass is 10.2. The third-order valence-electron chi connectivity index (χ3n) is 2.21. The minimum absolute atomic E-state index is 0.0263. The minimum atomic E-state index is -0.317. The summed E-state index contributed by atoms with van der Waals surface area (Å²) < 4.78 is 5.35. The maximum atomic E-state index is 9.42. The molecule has 0 bridgehead atoms. The van der Waals surface area contributed by atoms with E-state index < -0.39 is 0 Å². The zero-order valence-corrected chi connectivity index (χ0v) is 11.1. The van der Waals surface area contributed by atoms with Crippen molar-refractivity contribution in [2.75, 3.05) is 17.6 Å². The second kappa shape index (κ2) is 6.95. The Morgan fingerprint density at radius 3 is 2.67 bits per heavy atom. The molecular weight excluding hydrogens is 234 g/mol. The molecule has 1 aromatic rings. The van der Waals surface area contributed by atoms with Crippen molar-refractivity contribution in [3.8, 4) is 6.01 Å². The van der Waals surface area contributed by atoms with Crippen LogP contribution in [0.2, 0.25) is 0 Å². The van der Waals surface area contributed by atoms with Gasteiger partial charge in [0.15, 0.2) is 0 Å². The third kappa shape index (κ3) is 5.13. The first-order valence-electron chi connectivity index (χ1n) is 6.11. The van der Waals surface area contributed by atoms with Crippen LogP contribution >= 0.6 is 0 Å². The summed E-state index contributed by atoms with van der Waals surface area (Å²) in [5.74, 6) is 0.473. The normalized spacial score (nSPS) is 12.5. The molecular formula is C11H21N5O2. The molecule has 0 spiro atoms. The largest absolute Gasteiger partial charge is 0.461 e. The number of aliphatic hydroxyl groups excluding tert-OH is 1. The molecule has 0 fully saturated rings. The van der Waals surface area contributed by atoms with Gasteiger partial charge in [0.05, 0.1) is 12.2 Å². The summed E-state index contributed by atoms with van der Waals surface area (Å²) in [6.45, 7) is 6.26. The molecule has 0 aliphatic heterocycles. The van der Waals surface area contributed by atoms with E-state index in [9.17, 15) is 5.11 Å². The van der Waals surface area contributed by atoms with Crippen LogP contribution < -0.4 is 15.8 Å². The van der Waals surface area contributed by atoms with Crippen molar-refractivity contribution in [3.63, 3.8) is 0 Å². The summed E-state index contributed by atoms with van der Waals surface area (Å²) in [5.41, 5.74) is 5.56. The van der Waals surface area contributed by atoms with Gasteiger partial charge in [-0.1, -0.05) is 6.92 Å². The van der Waals surface area contributed by atoms with Crippen LogP contribution in [0.1, 0.15) is 33.6 Å². The fourth-order valence-corrected chi connectivity index (χ4v) is 1.27. The highest BCUT2D eigenvalue weighted by Crippen LogP contribution is 2.10. The number of hydrogen-bond acceptors (Lipinski definition) is 7. The van der Waals surface area contributed by atoms with Crippen molar-refractivity contribution in [2.24, 2.45) is 0 Å². The van der Waals surface area contributed by atoms with Gasteiger partial charge in [-0.15, -0.1) is 0 Å². The Balaban J connectivity index is 2.57. The number of aliphatic hydroxyl groups is 1. The average molecular weight is 255 g/mol. The van der Waals surface area contributed by atoms with E-state index in [0.717, 1.165) is 6.42 Å². The summed E-state index contributed by atoms with van der Waals surface area (Å²) in [6, 6.07) is 0.205. The highest BCUT2D eigenvalue weighted by atomic mass is 16.5. The van der Waals surface area contributed by atoms with Gasteiger partial charge in [0, 0.05) is 6.54 Å². The number of aromatic nitrogens is 3. The molecule has 0 aliphatic carbocycles. The molecule has 1 atom stereocenters. The van der Waals surface area contributed by atoms with Crippen LogP contribution in [0.4, 0.5) is 11.9 Å². The number of hydrogen-bond donors (Lipinski definition) is 3. The van der Waals surface area contributed by atoms with Crippen LogP contribution in [-0.2, 0) is 0 Å². The van der Waals surface area contributed by atoms with E-state index in [1.165, 1.54) is 0 Å². The monoisotopic (exact) mass is 255 g/mol. The molecule has 102 valence electrons. The number of nitrogen functional groups attached to an aromatic ring is 1. The Bertz CT molecular complexity index is 372. The van der Waals surface area contributed by atoms with Gasteiger partial charge in [-0.3, -0.25) is 0 Å². The minimum Gasteiger partial charge on any atom is -0.461 e. The molecule has 0 amide bonds. The van der Waals surface area contributed by atoms with Crippen LogP contribution in [0, 0.1) is 0 Å². The van der Waals surface area contributed by atoms with Gasteiger partial charge >= 0.3 is 6.01 Å². The molecule has 4 N–H and O–H groups in total. The van der Waals surface area contributed by atoms with Gasteiger partial charge in [0.2, 0.25) is 11.9 Å². The Hall–Kier alpha value is -1.63. The van der Waals surface area contributed by atoms with Crippen molar-refractivity contribution in [1.29, 1.82) is 0 Å². The molecule has 1 rings (SSSR count). The Labute approximate surface area is 107 Å². The predicted octanol–water partition coefficient (Wildman–Crippen LogP) is 0.814.